The van der Waals surface area contributed by atoms with E-state index >= 15 is 0 Å². The number of amides is 2. The van der Waals surface area contributed by atoms with Crippen LogP contribution in [0.4, 0.5) is 0 Å². The van der Waals surface area contributed by atoms with E-state index in [9.17, 15) is 9.59 Å². The van der Waals surface area contributed by atoms with Crippen molar-refractivity contribution in [1.29, 1.82) is 0 Å². The number of nitrogens with zero attached hydrogens (tertiary/aromatic N) is 3. The normalized spacial score (nSPS) is 13.9. The van der Waals surface area contributed by atoms with Gasteiger partial charge in [-0.05, 0) is 54.7 Å². The molecule has 3 rings (SSSR count). The second-order valence-electron chi connectivity index (χ2n) is 8.54. The van der Waals surface area contributed by atoms with Crippen LogP contribution in [0.5, 0.6) is 5.75 Å². The zero-order valence-electron chi connectivity index (χ0n) is 20.7. The van der Waals surface area contributed by atoms with E-state index in [0.717, 1.165) is 49.2 Å². The second kappa shape index (κ2) is 14.1. The Balaban J connectivity index is 1.50. The van der Waals surface area contributed by atoms with E-state index in [1.807, 2.05) is 47.4 Å². The monoisotopic (exact) mass is 481 g/mol. The molecule has 1 heterocycles. The summed E-state index contributed by atoms with van der Waals surface area (Å²) >= 11 is 0. The van der Waals surface area contributed by atoms with Gasteiger partial charge in [-0.3, -0.25) is 9.59 Å². The number of hydrogen-bond acceptors (Lipinski definition) is 6. The molecule has 1 fully saturated rings. The molecule has 2 aromatic carbocycles. The number of likely N-dealkylation sites (tertiary alicyclic amines) is 1. The lowest BCUT2D eigenvalue weighted by Crippen LogP contribution is -2.44. The molecular formula is C27H35N3O5. The van der Waals surface area contributed by atoms with Crippen molar-refractivity contribution in [3.8, 4) is 5.75 Å². The van der Waals surface area contributed by atoms with Crippen LogP contribution in [0.1, 0.15) is 36.8 Å². The lowest BCUT2D eigenvalue weighted by Gasteiger charge is -2.28. The van der Waals surface area contributed by atoms with Crippen LogP contribution in [0.15, 0.2) is 59.8 Å². The summed E-state index contributed by atoms with van der Waals surface area (Å²) < 4.78 is 10.9. The number of oxime groups is 1. The minimum Gasteiger partial charge on any atom is -0.484 e. The molecule has 1 saturated heterocycles. The number of rotatable bonds is 12. The zero-order valence-corrected chi connectivity index (χ0v) is 20.7. The highest BCUT2D eigenvalue weighted by Crippen LogP contribution is 2.15. The standard InChI is InChI=1S/C27H35N3O5/c1-29(19-26(31)30-16-7-4-8-17-30)27(32)21-34-24-13-11-23(12-14-24)25(15-18-33-2)28-35-20-22-9-5-3-6-10-22/h3,5-6,9-14H,4,7-8,15-21H2,1-2H3/b28-25+. The van der Waals surface area contributed by atoms with Crippen LogP contribution in [0.25, 0.3) is 0 Å². The van der Waals surface area contributed by atoms with Crippen molar-refractivity contribution in [3.63, 3.8) is 0 Å². The van der Waals surface area contributed by atoms with E-state index in [1.165, 1.54) is 4.90 Å². The molecule has 1 aliphatic heterocycles. The molecule has 188 valence electrons. The van der Waals surface area contributed by atoms with Crippen molar-refractivity contribution in [2.24, 2.45) is 5.16 Å². The van der Waals surface area contributed by atoms with Crippen LogP contribution < -0.4 is 4.74 Å². The minimum atomic E-state index is -0.240. The topological polar surface area (TPSA) is 80.7 Å². The van der Waals surface area contributed by atoms with Crippen LogP contribution in [0.3, 0.4) is 0 Å². The summed E-state index contributed by atoms with van der Waals surface area (Å²) in [6.45, 7) is 2.39. The van der Waals surface area contributed by atoms with E-state index < -0.39 is 0 Å². The molecule has 0 atom stereocenters. The molecule has 0 spiro atoms. The van der Waals surface area contributed by atoms with E-state index in [-0.39, 0.29) is 25.0 Å². The first-order valence-electron chi connectivity index (χ1n) is 12.0. The van der Waals surface area contributed by atoms with Gasteiger partial charge in [0.1, 0.15) is 12.4 Å². The van der Waals surface area contributed by atoms with Crippen LogP contribution in [0.2, 0.25) is 0 Å². The van der Waals surface area contributed by atoms with E-state index in [1.54, 1.807) is 26.3 Å². The van der Waals surface area contributed by atoms with Gasteiger partial charge in [0.05, 0.1) is 18.9 Å². The van der Waals surface area contributed by atoms with Gasteiger partial charge in [0.25, 0.3) is 5.91 Å². The molecule has 8 nitrogen and oxygen atoms in total. The first-order valence-corrected chi connectivity index (χ1v) is 12.0. The summed E-state index contributed by atoms with van der Waals surface area (Å²) in [7, 11) is 3.28. The molecule has 0 bridgehead atoms. The van der Waals surface area contributed by atoms with Crippen LogP contribution in [-0.4, -0.2) is 74.3 Å². The Morgan fingerprint density at radius 1 is 1.00 bits per heavy atom. The lowest BCUT2D eigenvalue weighted by atomic mass is 10.1. The van der Waals surface area contributed by atoms with Gasteiger partial charge in [0, 0.05) is 33.7 Å². The molecule has 0 saturated carbocycles. The fourth-order valence-corrected chi connectivity index (χ4v) is 3.73. The van der Waals surface area contributed by atoms with Crippen LogP contribution in [-0.2, 0) is 25.8 Å². The molecule has 0 N–H and O–H groups in total. The third-order valence-corrected chi connectivity index (χ3v) is 5.85. The largest absolute Gasteiger partial charge is 0.484 e. The number of carbonyl (C=O) groups excluding carboxylic acids is 2. The van der Waals surface area contributed by atoms with Crippen molar-refractivity contribution < 1.29 is 23.9 Å². The summed E-state index contributed by atoms with van der Waals surface area (Å²) in [5, 5.41) is 4.32. The fraction of sp³-hybridized carbons (Fsp3) is 0.444. The maximum absolute atomic E-state index is 12.4. The van der Waals surface area contributed by atoms with Gasteiger partial charge in [0.2, 0.25) is 5.91 Å². The average molecular weight is 482 g/mol. The number of likely N-dealkylation sites (N-methyl/N-ethyl adjacent to an activating group) is 1. The number of ether oxygens (including phenoxy) is 2. The van der Waals surface area contributed by atoms with Gasteiger partial charge >= 0.3 is 0 Å². The molecule has 0 aromatic heterocycles. The van der Waals surface area contributed by atoms with Crippen molar-refractivity contribution in [3.05, 3.63) is 65.7 Å². The average Bonchev–Trinajstić information content (AvgIpc) is 2.90. The highest BCUT2D eigenvalue weighted by molar-refractivity contribution is 6.00. The first kappa shape index (κ1) is 26.2. The second-order valence-corrected chi connectivity index (χ2v) is 8.54. The molecule has 35 heavy (non-hydrogen) atoms. The van der Waals surface area contributed by atoms with Crippen molar-refractivity contribution in [1.82, 2.24) is 9.80 Å². The summed E-state index contributed by atoms with van der Waals surface area (Å²) in [5.74, 6) is 0.313. The maximum Gasteiger partial charge on any atom is 0.260 e. The van der Waals surface area contributed by atoms with E-state index in [2.05, 4.69) is 5.16 Å². The molecule has 0 unspecified atom stereocenters. The lowest BCUT2D eigenvalue weighted by molar-refractivity contribution is -0.140. The third-order valence-electron chi connectivity index (χ3n) is 5.85. The van der Waals surface area contributed by atoms with Gasteiger partial charge < -0.3 is 24.1 Å². The summed E-state index contributed by atoms with van der Waals surface area (Å²) in [4.78, 5) is 33.6. The first-order chi connectivity index (χ1) is 17.1. The van der Waals surface area contributed by atoms with E-state index in [4.69, 9.17) is 14.3 Å². The SMILES string of the molecule is COCC/C(=N\OCc1ccccc1)c1ccc(OCC(=O)N(C)CC(=O)N2CCCCC2)cc1. The van der Waals surface area contributed by atoms with Crippen molar-refractivity contribution in [2.75, 3.05) is 47.0 Å². The minimum absolute atomic E-state index is 0.0118. The molecule has 2 aromatic rings. The summed E-state index contributed by atoms with van der Waals surface area (Å²) in [6, 6.07) is 17.2. The zero-order chi connectivity index (χ0) is 24.9. The summed E-state index contributed by atoms with van der Waals surface area (Å²) in [6.07, 6.45) is 3.81. The Kier molecular flexibility index (Phi) is 10.6. The van der Waals surface area contributed by atoms with E-state index in [0.29, 0.717) is 25.4 Å². The fourth-order valence-electron chi connectivity index (χ4n) is 3.73. The molecule has 2 amide bonds. The van der Waals surface area contributed by atoms with Crippen LogP contribution in [0, 0.1) is 0 Å². The predicted molar refractivity (Wildman–Crippen MR) is 134 cm³/mol. The Bertz CT molecular complexity index is 957. The number of piperidine rings is 1. The third kappa shape index (κ3) is 8.72. The maximum atomic E-state index is 12.4. The quantitative estimate of drug-likeness (QED) is 0.342. The Morgan fingerprint density at radius 3 is 2.40 bits per heavy atom. The van der Waals surface area contributed by atoms with Gasteiger partial charge in [-0.1, -0.05) is 35.5 Å². The predicted octanol–water partition coefficient (Wildman–Crippen LogP) is 3.49. The molecule has 0 radical (unpaired) electrons. The van der Waals surface area contributed by atoms with Gasteiger partial charge in [-0.15, -0.1) is 0 Å². The van der Waals surface area contributed by atoms with Gasteiger partial charge in [0.15, 0.2) is 6.61 Å². The number of benzene rings is 2. The van der Waals surface area contributed by atoms with Gasteiger partial charge in [-0.25, -0.2) is 0 Å². The Morgan fingerprint density at radius 2 is 1.71 bits per heavy atom. The number of methoxy groups -OCH3 is 1. The van der Waals surface area contributed by atoms with Crippen LogP contribution >= 0.6 is 0 Å². The highest BCUT2D eigenvalue weighted by atomic mass is 16.6. The summed E-state index contributed by atoms with van der Waals surface area (Å²) in [5.41, 5.74) is 2.69. The van der Waals surface area contributed by atoms with Crippen molar-refractivity contribution >= 4 is 17.5 Å². The highest BCUT2D eigenvalue weighted by Gasteiger charge is 2.20. The molecule has 1 aliphatic rings. The molecular weight excluding hydrogens is 446 g/mol. The molecule has 8 heteroatoms. The molecule has 0 aliphatic carbocycles. The smallest absolute Gasteiger partial charge is 0.260 e. The Labute approximate surface area is 207 Å². The number of hydrogen-bond donors (Lipinski definition) is 0. The van der Waals surface area contributed by atoms with Gasteiger partial charge in [-0.2, -0.15) is 0 Å². The van der Waals surface area contributed by atoms with Crippen molar-refractivity contribution in [2.45, 2.75) is 32.3 Å². The number of carbonyl (C=O) groups is 2. The Hall–Kier alpha value is -3.39.